The van der Waals surface area contributed by atoms with Crippen LogP contribution in [0.5, 0.6) is 0 Å². The first-order valence-electron chi connectivity index (χ1n) is 33.6. The van der Waals surface area contributed by atoms with Gasteiger partial charge in [0.1, 0.15) is 13.2 Å². The van der Waals surface area contributed by atoms with Crippen molar-refractivity contribution in [3.05, 3.63) is 85.1 Å². The Morgan fingerprint density at radius 1 is 0.269 bits per heavy atom. The van der Waals surface area contributed by atoms with Crippen LogP contribution in [0.4, 0.5) is 0 Å². The molecule has 0 aliphatic heterocycles. The number of esters is 3. The lowest BCUT2D eigenvalue weighted by molar-refractivity contribution is -0.167. The minimum absolute atomic E-state index is 0.0891. The molecule has 0 fully saturated rings. The number of allylic oxidation sites excluding steroid dienone is 14. The van der Waals surface area contributed by atoms with Crippen molar-refractivity contribution < 1.29 is 28.6 Å². The highest BCUT2D eigenvalue weighted by molar-refractivity contribution is 5.71. The second kappa shape index (κ2) is 66.1. The van der Waals surface area contributed by atoms with Crippen LogP contribution in [0.3, 0.4) is 0 Å². The van der Waals surface area contributed by atoms with E-state index in [-0.39, 0.29) is 37.5 Å². The largest absolute Gasteiger partial charge is 0.462 e. The second-order valence-corrected chi connectivity index (χ2v) is 22.4. The number of hydrogen-bond donors (Lipinski definition) is 0. The maximum absolute atomic E-state index is 12.9. The van der Waals surface area contributed by atoms with E-state index in [0.717, 1.165) is 89.9 Å². The summed E-state index contributed by atoms with van der Waals surface area (Å²) in [4.78, 5) is 38.2. The molecule has 0 N–H and O–H groups in total. The predicted molar refractivity (Wildman–Crippen MR) is 339 cm³/mol. The lowest BCUT2D eigenvalue weighted by Crippen LogP contribution is -2.30. The van der Waals surface area contributed by atoms with Crippen molar-refractivity contribution in [2.45, 2.75) is 341 Å². The molecule has 0 heterocycles. The zero-order valence-corrected chi connectivity index (χ0v) is 51.7. The number of carbonyl (C=O) groups is 3. The minimum Gasteiger partial charge on any atom is -0.462 e. The molecular weight excluding hydrogens is 961 g/mol. The molecule has 0 spiro atoms. The molecule has 1 atom stereocenters. The Balaban J connectivity index is 4.14. The molecule has 1 unspecified atom stereocenters. The van der Waals surface area contributed by atoms with Crippen LogP contribution in [-0.4, -0.2) is 37.2 Å². The highest BCUT2D eigenvalue weighted by Crippen LogP contribution is 2.17. The Kier molecular flexibility index (Phi) is 63.2. The molecule has 0 aliphatic rings. The van der Waals surface area contributed by atoms with E-state index in [0.29, 0.717) is 19.3 Å². The van der Waals surface area contributed by atoms with E-state index < -0.39 is 6.10 Å². The molecule has 450 valence electrons. The summed E-state index contributed by atoms with van der Waals surface area (Å²) < 4.78 is 16.9. The third-order valence-electron chi connectivity index (χ3n) is 14.6. The average molecular weight is 1090 g/mol. The monoisotopic (exact) mass is 1090 g/mol. The molecule has 78 heavy (non-hydrogen) atoms. The van der Waals surface area contributed by atoms with Crippen LogP contribution in [0.25, 0.3) is 0 Å². The van der Waals surface area contributed by atoms with E-state index in [1.807, 2.05) is 0 Å². The lowest BCUT2D eigenvalue weighted by atomic mass is 10.0. The normalized spacial score (nSPS) is 12.6. The summed E-state index contributed by atoms with van der Waals surface area (Å²) in [5.41, 5.74) is 0. The molecule has 0 aromatic rings. The van der Waals surface area contributed by atoms with Gasteiger partial charge in [-0.3, -0.25) is 14.4 Å². The summed E-state index contributed by atoms with van der Waals surface area (Å²) in [6.45, 7) is 6.51. The first-order chi connectivity index (χ1) is 38.5. The first kappa shape index (κ1) is 74.6. The van der Waals surface area contributed by atoms with Gasteiger partial charge < -0.3 is 14.2 Å². The third-order valence-corrected chi connectivity index (χ3v) is 14.6. The number of rotatable bonds is 61. The van der Waals surface area contributed by atoms with E-state index in [2.05, 4.69) is 106 Å². The summed E-state index contributed by atoms with van der Waals surface area (Å²) in [5, 5.41) is 0. The summed E-state index contributed by atoms with van der Waals surface area (Å²) in [6, 6.07) is 0. The number of unbranched alkanes of at least 4 members (excludes halogenated alkanes) is 36. The van der Waals surface area contributed by atoms with Crippen molar-refractivity contribution in [1.29, 1.82) is 0 Å². The SMILES string of the molecule is CC/C=C\C/C=C\C/C=C\C/C=C\CCCCC(=O)OC(COC(=O)CCCCCCCCCCCCCC)COC(=O)CCCCCCCCCCCCCCCCCCCC/C=C\C/C=C\C/C=C\CCCCCCC. The fraction of sp³-hybridized carbons (Fsp3) is 0.764. The zero-order valence-electron chi connectivity index (χ0n) is 51.7. The summed E-state index contributed by atoms with van der Waals surface area (Å²) in [7, 11) is 0. The van der Waals surface area contributed by atoms with Gasteiger partial charge in [-0.25, -0.2) is 0 Å². The van der Waals surface area contributed by atoms with Gasteiger partial charge in [-0.1, -0.05) is 305 Å². The lowest BCUT2D eigenvalue weighted by Gasteiger charge is -2.18. The molecule has 0 bridgehead atoms. The van der Waals surface area contributed by atoms with Crippen molar-refractivity contribution in [3.8, 4) is 0 Å². The van der Waals surface area contributed by atoms with Crippen LogP contribution in [0.1, 0.15) is 335 Å². The van der Waals surface area contributed by atoms with Crippen LogP contribution < -0.4 is 0 Å². The summed E-state index contributed by atoms with van der Waals surface area (Å²) in [5.74, 6) is -0.918. The topological polar surface area (TPSA) is 78.9 Å². The highest BCUT2D eigenvalue weighted by Gasteiger charge is 2.19. The van der Waals surface area contributed by atoms with Gasteiger partial charge in [0.2, 0.25) is 0 Å². The van der Waals surface area contributed by atoms with E-state index in [4.69, 9.17) is 14.2 Å². The highest BCUT2D eigenvalue weighted by atomic mass is 16.6. The maximum Gasteiger partial charge on any atom is 0.306 e. The summed E-state index contributed by atoms with van der Waals surface area (Å²) >= 11 is 0. The van der Waals surface area contributed by atoms with Crippen LogP contribution in [-0.2, 0) is 28.6 Å². The van der Waals surface area contributed by atoms with Crippen molar-refractivity contribution in [3.63, 3.8) is 0 Å². The van der Waals surface area contributed by atoms with Gasteiger partial charge in [-0.05, 0) is 96.3 Å². The number of carbonyl (C=O) groups excluding carboxylic acids is 3. The Bertz CT molecular complexity index is 1480. The van der Waals surface area contributed by atoms with Crippen LogP contribution in [0.2, 0.25) is 0 Å². The Hall–Kier alpha value is -3.41. The number of hydrogen-bond acceptors (Lipinski definition) is 6. The van der Waals surface area contributed by atoms with E-state index in [1.165, 1.54) is 199 Å². The average Bonchev–Trinajstić information content (AvgIpc) is 3.44. The zero-order chi connectivity index (χ0) is 56.4. The van der Waals surface area contributed by atoms with Gasteiger partial charge in [-0.15, -0.1) is 0 Å². The smallest absolute Gasteiger partial charge is 0.306 e. The second-order valence-electron chi connectivity index (χ2n) is 22.4. The Morgan fingerprint density at radius 2 is 0.500 bits per heavy atom. The van der Waals surface area contributed by atoms with Gasteiger partial charge in [0.05, 0.1) is 0 Å². The fourth-order valence-corrected chi connectivity index (χ4v) is 9.62. The van der Waals surface area contributed by atoms with Gasteiger partial charge >= 0.3 is 17.9 Å². The van der Waals surface area contributed by atoms with Crippen molar-refractivity contribution in [2.24, 2.45) is 0 Å². The van der Waals surface area contributed by atoms with E-state index >= 15 is 0 Å². The Labute approximate surface area is 484 Å². The molecule has 0 saturated carbocycles. The Morgan fingerprint density at radius 3 is 0.808 bits per heavy atom. The van der Waals surface area contributed by atoms with Gasteiger partial charge in [0.25, 0.3) is 0 Å². The summed E-state index contributed by atoms with van der Waals surface area (Å²) in [6.07, 6.45) is 87.6. The molecule has 0 aromatic heterocycles. The molecule has 0 radical (unpaired) electrons. The molecule has 0 saturated heterocycles. The van der Waals surface area contributed by atoms with Crippen LogP contribution in [0, 0.1) is 0 Å². The van der Waals surface area contributed by atoms with Crippen molar-refractivity contribution >= 4 is 17.9 Å². The quantitative estimate of drug-likeness (QED) is 0.0261. The van der Waals surface area contributed by atoms with Crippen LogP contribution in [0.15, 0.2) is 85.1 Å². The minimum atomic E-state index is -0.796. The molecule has 6 nitrogen and oxygen atoms in total. The van der Waals surface area contributed by atoms with E-state index in [1.54, 1.807) is 0 Å². The molecular formula is C72H126O6. The molecule has 0 amide bonds. The first-order valence-corrected chi connectivity index (χ1v) is 33.6. The number of ether oxygens (including phenoxy) is 3. The van der Waals surface area contributed by atoms with Gasteiger partial charge in [0, 0.05) is 19.3 Å². The van der Waals surface area contributed by atoms with Crippen molar-refractivity contribution in [1.82, 2.24) is 0 Å². The van der Waals surface area contributed by atoms with Gasteiger partial charge in [-0.2, -0.15) is 0 Å². The van der Waals surface area contributed by atoms with Crippen molar-refractivity contribution in [2.75, 3.05) is 13.2 Å². The molecule has 6 heteroatoms. The molecule has 0 aliphatic carbocycles. The maximum atomic E-state index is 12.9. The fourth-order valence-electron chi connectivity index (χ4n) is 9.62. The van der Waals surface area contributed by atoms with E-state index in [9.17, 15) is 14.4 Å². The standard InChI is InChI=1S/C72H126O6/c1-4-7-10-13-16-19-22-25-27-28-29-30-31-32-33-34-35-36-37-38-39-40-41-42-43-44-46-47-50-53-56-59-62-65-71(74)77-68-69(67-76-70(73)64-61-58-55-52-49-24-21-18-15-12-9-6-3)78-72(75)66-63-60-57-54-51-48-45-26-23-20-17-14-11-8-5-2/h8,11,17,20,22,25-26,28-29,31-32,45,51,54,69H,4-7,9-10,12-16,18-19,21,23-24,27,30,33-44,46-50,52-53,55-68H2,1-3H3/b11-8-,20-17-,25-22-,29-28-,32-31-,45-26-,54-51-. The molecule has 0 aromatic carbocycles. The molecule has 0 rings (SSSR count). The van der Waals surface area contributed by atoms with Crippen LogP contribution >= 0.6 is 0 Å². The van der Waals surface area contributed by atoms with Gasteiger partial charge in [0.15, 0.2) is 6.10 Å². The third kappa shape index (κ3) is 63.4. The predicted octanol–water partition coefficient (Wildman–Crippen LogP) is 23.1.